The van der Waals surface area contributed by atoms with Crippen LogP contribution >= 0.6 is 0 Å². The molecule has 0 atom stereocenters. The standard InChI is InChI=1S/C17H27NO6/c1-17(2,3)24-16(20)18-7-8-21-9-10-22-11-12-23-15-6-4-5-14(19)13-15/h4-6,13,19H,7-12H2,1-3H3,(H,18,20). The summed E-state index contributed by atoms with van der Waals surface area (Å²) in [5, 5.41) is 11.9. The summed E-state index contributed by atoms with van der Waals surface area (Å²) in [5.41, 5.74) is -0.501. The van der Waals surface area contributed by atoms with Gasteiger partial charge in [-0.15, -0.1) is 0 Å². The summed E-state index contributed by atoms with van der Waals surface area (Å²) >= 11 is 0. The Morgan fingerprint density at radius 1 is 1.08 bits per heavy atom. The lowest BCUT2D eigenvalue weighted by atomic mass is 10.2. The highest BCUT2D eigenvalue weighted by Gasteiger charge is 2.15. The van der Waals surface area contributed by atoms with Crippen molar-refractivity contribution in [1.29, 1.82) is 0 Å². The van der Waals surface area contributed by atoms with Crippen LogP contribution in [0.25, 0.3) is 0 Å². The molecule has 1 amide bonds. The van der Waals surface area contributed by atoms with Crippen LogP contribution in [0.2, 0.25) is 0 Å². The summed E-state index contributed by atoms with van der Waals surface area (Å²) < 4.78 is 21.2. The third kappa shape index (κ3) is 10.7. The van der Waals surface area contributed by atoms with Crippen LogP contribution in [0.5, 0.6) is 11.5 Å². The normalized spacial score (nSPS) is 11.1. The molecule has 0 radical (unpaired) electrons. The van der Waals surface area contributed by atoms with Gasteiger partial charge in [0.25, 0.3) is 0 Å². The molecule has 0 aromatic heterocycles. The van der Waals surface area contributed by atoms with E-state index >= 15 is 0 Å². The van der Waals surface area contributed by atoms with Crippen molar-refractivity contribution in [2.75, 3.05) is 39.6 Å². The van der Waals surface area contributed by atoms with Crippen LogP contribution in [0.1, 0.15) is 20.8 Å². The number of amides is 1. The summed E-state index contributed by atoms with van der Waals surface area (Å²) in [5.74, 6) is 0.768. The van der Waals surface area contributed by atoms with E-state index in [1.54, 1.807) is 24.3 Å². The topological polar surface area (TPSA) is 86.3 Å². The molecule has 0 spiro atoms. The van der Waals surface area contributed by atoms with Crippen LogP contribution in [0.4, 0.5) is 4.79 Å². The number of phenols is 1. The number of aromatic hydroxyl groups is 1. The molecular formula is C17H27NO6. The maximum absolute atomic E-state index is 11.4. The van der Waals surface area contributed by atoms with Crippen molar-refractivity contribution in [3.05, 3.63) is 24.3 Å². The Morgan fingerprint density at radius 2 is 1.75 bits per heavy atom. The lowest BCUT2D eigenvalue weighted by molar-refractivity contribution is 0.0327. The monoisotopic (exact) mass is 341 g/mol. The first-order valence-electron chi connectivity index (χ1n) is 7.91. The minimum atomic E-state index is -0.501. The Hall–Kier alpha value is -1.99. The number of phenolic OH excluding ortho intramolecular Hbond substituents is 1. The summed E-state index contributed by atoms with van der Waals surface area (Å²) in [4.78, 5) is 11.4. The Morgan fingerprint density at radius 3 is 2.42 bits per heavy atom. The fourth-order valence-corrected chi connectivity index (χ4v) is 1.65. The maximum atomic E-state index is 11.4. The second-order valence-electron chi connectivity index (χ2n) is 6.00. The molecule has 1 aromatic rings. The number of benzene rings is 1. The Labute approximate surface area is 142 Å². The van der Waals surface area contributed by atoms with E-state index in [1.807, 2.05) is 20.8 Å². The molecule has 0 fully saturated rings. The molecule has 0 aliphatic heterocycles. The van der Waals surface area contributed by atoms with Crippen LogP contribution < -0.4 is 10.1 Å². The van der Waals surface area contributed by atoms with E-state index in [9.17, 15) is 9.90 Å². The van der Waals surface area contributed by atoms with Crippen molar-refractivity contribution in [2.24, 2.45) is 0 Å². The van der Waals surface area contributed by atoms with Crippen LogP contribution in [0, 0.1) is 0 Å². The van der Waals surface area contributed by atoms with Gasteiger partial charge in [0, 0.05) is 12.6 Å². The zero-order chi connectivity index (χ0) is 17.8. The first kappa shape index (κ1) is 20.1. The first-order chi connectivity index (χ1) is 11.4. The lowest BCUT2D eigenvalue weighted by Gasteiger charge is -2.19. The molecule has 136 valence electrons. The Kier molecular flexibility index (Phi) is 8.96. The lowest BCUT2D eigenvalue weighted by Crippen LogP contribution is -2.34. The fourth-order valence-electron chi connectivity index (χ4n) is 1.65. The number of hydrogen-bond acceptors (Lipinski definition) is 6. The Balaban J connectivity index is 1.90. The summed E-state index contributed by atoms with van der Waals surface area (Å²) in [7, 11) is 0. The van der Waals surface area contributed by atoms with E-state index < -0.39 is 11.7 Å². The molecule has 0 unspecified atom stereocenters. The molecule has 2 N–H and O–H groups in total. The van der Waals surface area contributed by atoms with Crippen molar-refractivity contribution in [1.82, 2.24) is 5.32 Å². The average molecular weight is 341 g/mol. The number of alkyl carbamates (subject to hydrolysis) is 1. The molecule has 1 aromatic carbocycles. The highest BCUT2D eigenvalue weighted by Crippen LogP contribution is 2.17. The van der Waals surface area contributed by atoms with Gasteiger partial charge >= 0.3 is 6.09 Å². The van der Waals surface area contributed by atoms with Crippen LogP contribution in [-0.4, -0.2) is 56.4 Å². The van der Waals surface area contributed by atoms with Gasteiger partial charge in [-0.25, -0.2) is 4.79 Å². The SMILES string of the molecule is CC(C)(C)OC(=O)NCCOCCOCCOc1cccc(O)c1. The van der Waals surface area contributed by atoms with Crippen LogP contribution in [-0.2, 0) is 14.2 Å². The number of carbonyl (C=O) groups excluding carboxylic acids is 1. The van der Waals surface area contributed by atoms with Gasteiger partial charge in [-0.1, -0.05) is 6.07 Å². The minimum Gasteiger partial charge on any atom is -0.508 e. The average Bonchev–Trinajstić information content (AvgIpc) is 2.47. The minimum absolute atomic E-state index is 0.168. The molecule has 7 heteroatoms. The van der Waals surface area contributed by atoms with Gasteiger partial charge in [0.05, 0.1) is 26.4 Å². The quantitative estimate of drug-likeness (QED) is 0.635. The highest BCUT2D eigenvalue weighted by atomic mass is 16.6. The van der Waals surface area contributed by atoms with Crippen molar-refractivity contribution < 1.29 is 28.8 Å². The number of carbonyl (C=O) groups is 1. The van der Waals surface area contributed by atoms with E-state index in [4.69, 9.17) is 18.9 Å². The Bertz CT molecular complexity index is 486. The largest absolute Gasteiger partial charge is 0.508 e. The third-order valence-corrected chi connectivity index (χ3v) is 2.60. The molecular weight excluding hydrogens is 314 g/mol. The van der Waals surface area contributed by atoms with E-state index in [0.717, 1.165) is 0 Å². The first-order valence-corrected chi connectivity index (χ1v) is 7.91. The van der Waals surface area contributed by atoms with Gasteiger partial charge in [-0.3, -0.25) is 0 Å². The van der Waals surface area contributed by atoms with Crippen LogP contribution in [0.15, 0.2) is 24.3 Å². The number of rotatable bonds is 10. The van der Waals surface area contributed by atoms with Gasteiger partial charge in [-0.2, -0.15) is 0 Å². The van der Waals surface area contributed by atoms with Gasteiger partial charge in [0.2, 0.25) is 0 Å². The third-order valence-electron chi connectivity index (χ3n) is 2.60. The number of hydrogen-bond donors (Lipinski definition) is 2. The van der Waals surface area contributed by atoms with Crippen molar-refractivity contribution in [3.8, 4) is 11.5 Å². The molecule has 0 bridgehead atoms. The van der Waals surface area contributed by atoms with Gasteiger partial charge in [-0.05, 0) is 32.9 Å². The van der Waals surface area contributed by atoms with Crippen molar-refractivity contribution >= 4 is 6.09 Å². The summed E-state index contributed by atoms with van der Waals surface area (Å²) in [6, 6.07) is 6.60. The fraction of sp³-hybridized carbons (Fsp3) is 0.588. The molecule has 24 heavy (non-hydrogen) atoms. The van der Waals surface area contributed by atoms with E-state index in [0.29, 0.717) is 45.3 Å². The molecule has 7 nitrogen and oxygen atoms in total. The van der Waals surface area contributed by atoms with Gasteiger partial charge < -0.3 is 29.4 Å². The zero-order valence-electron chi connectivity index (χ0n) is 14.5. The second kappa shape index (κ2) is 10.7. The molecule has 0 saturated heterocycles. The molecule has 1 rings (SSSR count). The van der Waals surface area contributed by atoms with Crippen LogP contribution in [0.3, 0.4) is 0 Å². The predicted octanol–water partition coefficient (Wildman–Crippen LogP) is 2.33. The summed E-state index contributed by atoms with van der Waals surface area (Å²) in [6.45, 7) is 7.90. The summed E-state index contributed by atoms with van der Waals surface area (Å²) in [6.07, 6.45) is -0.452. The van der Waals surface area contributed by atoms with Gasteiger partial charge in [0.1, 0.15) is 23.7 Å². The molecule has 0 saturated carbocycles. The molecule has 0 heterocycles. The highest BCUT2D eigenvalue weighted by molar-refractivity contribution is 5.67. The van der Waals surface area contributed by atoms with Crippen molar-refractivity contribution in [3.63, 3.8) is 0 Å². The van der Waals surface area contributed by atoms with E-state index in [2.05, 4.69) is 5.32 Å². The second-order valence-corrected chi connectivity index (χ2v) is 6.00. The molecule has 0 aliphatic carbocycles. The number of ether oxygens (including phenoxy) is 4. The van der Waals surface area contributed by atoms with Crippen molar-refractivity contribution in [2.45, 2.75) is 26.4 Å². The molecule has 0 aliphatic rings. The maximum Gasteiger partial charge on any atom is 0.407 e. The van der Waals surface area contributed by atoms with Gasteiger partial charge in [0.15, 0.2) is 0 Å². The number of nitrogens with one attached hydrogen (secondary N) is 1. The van der Waals surface area contributed by atoms with E-state index in [1.165, 1.54) is 0 Å². The smallest absolute Gasteiger partial charge is 0.407 e. The zero-order valence-corrected chi connectivity index (χ0v) is 14.5. The predicted molar refractivity (Wildman–Crippen MR) is 89.5 cm³/mol. The van der Waals surface area contributed by atoms with E-state index in [-0.39, 0.29) is 5.75 Å².